The lowest BCUT2D eigenvalue weighted by Gasteiger charge is -2.12. The fourth-order valence-electron chi connectivity index (χ4n) is 2.69. The van der Waals surface area contributed by atoms with E-state index in [-0.39, 0.29) is 5.11 Å². The smallest absolute Gasteiger partial charge is 0.344 e. The van der Waals surface area contributed by atoms with Crippen molar-refractivity contribution < 1.29 is 14.3 Å². The molecule has 0 aromatic heterocycles. The predicted octanol–water partition coefficient (Wildman–Crippen LogP) is 3.62. The van der Waals surface area contributed by atoms with Crippen molar-refractivity contribution in [1.29, 1.82) is 0 Å². The number of ether oxygens (including phenoxy) is 2. The number of hydrogen-bond donors (Lipinski definition) is 2. The highest BCUT2D eigenvalue weighted by atomic mass is 32.1. The van der Waals surface area contributed by atoms with Gasteiger partial charge in [-0.25, -0.2) is 4.79 Å². The number of nitrogens with two attached hydrogens (primary N) is 1. The molecule has 0 atom stereocenters. The molecule has 0 aliphatic heterocycles. The van der Waals surface area contributed by atoms with E-state index in [1.165, 1.54) is 6.21 Å². The zero-order valence-corrected chi connectivity index (χ0v) is 16.0. The van der Waals surface area contributed by atoms with Crippen LogP contribution in [0.5, 0.6) is 11.5 Å². The number of carbonyl (C=O) groups is 1. The summed E-state index contributed by atoms with van der Waals surface area (Å²) in [5.74, 6) is 0.323. The number of benzene rings is 3. The number of esters is 1. The standard InChI is InChI=1S/C21H19N3O3S/c1-2-26-19-12-14(13-23-24-21(22)28)10-11-18(19)27-20(25)17-9-5-7-15-6-3-4-8-16(15)17/h3-13H,2H2,1H3,(H3,22,24,28). The first kappa shape index (κ1) is 19.3. The van der Waals surface area contributed by atoms with Crippen molar-refractivity contribution in [2.45, 2.75) is 6.92 Å². The highest BCUT2D eigenvalue weighted by molar-refractivity contribution is 7.80. The summed E-state index contributed by atoms with van der Waals surface area (Å²) in [6.45, 7) is 2.27. The molecule has 142 valence electrons. The van der Waals surface area contributed by atoms with Crippen molar-refractivity contribution in [1.82, 2.24) is 5.43 Å². The van der Waals surface area contributed by atoms with Crippen LogP contribution in [0.25, 0.3) is 10.8 Å². The molecule has 0 aliphatic rings. The summed E-state index contributed by atoms with van der Waals surface area (Å²) in [6, 6.07) is 18.3. The lowest BCUT2D eigenvalue weighted by molar-refractivity contribution is 0.0730. The summed E-state index contributed by atoms with van der Waals surface area (Å²) in [5, 5.41) is 5.79. The maximum absolute atomic E-state index is 12.8. The van der Waals surface area contributed by atoms with Crippen LogP contribution in [-0.2, 0) is 0 Å². The molecule has 0 radical (unpaired) electrons. The Kier molecular flexibility index (Phi) is 6.18. The van der Waals surface area contributed by atoms with Crippen LogP contribution in [0.1, 0.15) is 22.8 Å². The fourth-order valence-corrected chi connectivity index (χ4v) is 2.74. The first-order valence-corrected chi connectivity index (χ1v) is 9.04. The SMILES string of the molecule is CCOc1cc(C=NNC(N)=S)ccc1OC(=O)c1cccc2ccccc12. The van der Waals surface area contributed by atoms with Gasteiger partial charge in [-0.15, -0.1) is 0 Å². The van der Waals surface area contributed by atoms with Gasteiger partial charge in [-0.3, -0.25) is 5.43 Å². The van der Waals surface area contributed by atoms with E-state index in [0.717, 1.165) is 16.3 Å². The minimum absolute atomic E-state index is 0.0712. The van der Waals surface area contributed by atoms with Crippen molar-refractivity contribution in [3.63, 3.8) is 0 Å². The highest BCUT2D eigenvalue weighted by Crippen LogP contribution is 2.30. The second kappa shape index (κ2) is 8.96. The molecule has 3 aromatic rings. The number of carbonyl (C=O) groups excluding carboxylic acids is 1. The minimum atomic E-state index is -0.450. The molecule has 0 heterocycles. The molecular formula is C21H19N3O3S. The van der Waals surface area contributed by atoms with Gasteiger partial charge in [0.2, 0.25) is 0 Å². The van der Waals surface area contributed by atoms with Crippen molar-refractivity contribution >= 4 is 40.3 Å². The first-order valence-electron chi connectivity index (χ1n) is 8.63. The van der Waals surface area contributed by atoms with E-state index < -0.39 is 5.97 Å². The van der Waals surface area contributed by atoms with Crippen molar-refractivity contribution in [3.8, 4) is 11.5 Å². The van der Waals surface area contributed by atoms with Crippen LogP contribution < -0.4 is 20.6 Å². The summed E-state index contributed by atoms with van der Waals surface area (Å²) in [5.41, 5.74) is 9.04. The Morgan fingerprint density at radius 3 is 2.71 bits per heavy atom. The van der Waals surface area contributed by atoms with Crippen molar-refractivity contribution in [2.75, 3.05) is 6.61 Å². The van der Waals surface area contributed by atoms with Crippen LogP contribution in [0.15, 0.2) is 65.8 Å². The van der Waals surface area contributed by atoms with Gasteiger partial charge in [-0.1, -0.05) is 36.4 Å². The summed E-state index contributed by atoms with van der Waals surface area (Å²) >= 11 is 4.70. The van der Waals surface area contributed by atoms with Crippen molar-refractivity contribution in [2.24, 2.45) is 10.8 Å². The summed E-state index contributed by atoms with van der Waals surface area (Å²) in [4.78, 5) is 12.8. The molecule has 3 N–H and O–H groups in total. The minimum Gasteiger partial charge on any atom is -0.490 e. The normalized spacial score (nSPS) is 10.8. The average molecular weight is 393 g/mol. The average Bonchev–Trinajstić information content (AvgIpc) is 2.69. The van der Waals surface area contributed by atoms with Crippen LogP contribution in [0.3, 0.4) is 0 Å². The van der Waals surface area contributed by atoms with Crippen LogP contribution >= 0.6 is 12.2 Å². The van der Waals surface area contributed by atoms with Gasteiger partial charge in [-0.2, -0.15) is 5.10 Å². The van der Waals surface area contributed by atoms with Gasteiger partial charge in [0.25, 0.3) is 0 Å². The topological polar surface area (TPSA) is 85.9 Å². The van der Waals surface area contributed by atoms with Crippen molar-refractivity contribution in [3.05, 3.63) is 71.8 Å². The molecule has 28 heavy (non-hydrogen) atoms. The number of nitrogens with one attached hydrogen (secondary N) is 1. The van der Waals surface area contributed by atoms with Gasteiger partial charge in [0.05, 0.1) is 18.4 Å². The molecule has 0 spiro atoms. The Morgan fingerprint density at radius 1 is 1.14 bits per heavy atom. The zero-order valence-electron chi connectivity index (χ0n) is 15.2. The first-order chi connectivity index (χ1) is 13.6. The molecule has 0 amide bonds. The number of nitrogens with zero attached hydrogens (tertiary/aromatic N) is 1. The lowest BCUT2D eigenvalue weighted by atomic mass is 10.0. The predicted molar refractivity (Wildman–Crippen MR) is 114 cm³/mol. The molecule has 7 heteroatoms. The van der Waals surface area contributed by atoms with Crippen LogP contribution in [-0.4, -0.2) is 23.9 Å². The molecule has 0 aliphatic carbocycles. The summed E-state index contributed by atoms with van der Waals surface area (Å²) < 4.78 is 11.2. The number of hydrazone groups is 1. The highest BCUT2D eigenvalue weighted by Gasteiger charge is 2.15. The molecular weight excluding hydrogens is 374 g/mol. The Hall–Kier alpha value is -3.45. The number of fused-ring (bicyclic) bond motifs is 1. The third-order valence-electron chi connectivity index (χ3n) is 3.87. The van der Waals surface area contributed by atoms with E-state index in [1.807, 2.05) is 43.3 Å². The Bertz CT molecular complexity index is 1040. The molecule has 3 aromatic carbocycles. The molecule has 6 nitrogen and oxygen atoms in total. The second-order valence-corrected chi connectivity index (χ2v) is 6.23. The van der Waals surface area contributed by atoms with Crippen LogP contribution in [0.2, 0.25) is 0 Å². The fraction of sp³-hybridized carbons (Fsp3) is 0.0952. The molecule has 0 bridgehead atoms. The number of hydrogen-bond acceptors (Lipinski definition) is 5. The molecule has 0 saturated heterocycles. The third-order valence-corrected chi connectivity index (χ3v) is 3.96. The number of rotatable bonds is 6. The van der Waals surface area contributed by atoms with Crippen LogP contribution in [0.4, 0.5) is 0 Å². The Labute approximate surface area is 167 Å². The maximum Gasteiger partial charge on any atom is 0.344 e. The quantitative estimate of drug-likeness (QED) is 0.219. The van der Waals surface area contributed by atoms with E-state index in [9.17, 15) is 4.79 Å². The number of thiocarbonyl (C=S) groups is 1. The summed E-state index contributed by atoms with van der Waals surface area (Å²) in [7, 11) is 0. The van der Waals surface area contributed by atoms with Gasteiger partial charge in [0, 0.05) is 0 Å². The monoisotopic (exact) mass is 393 g/mol. The lowest BCUT2D eigenvalue weighted by Crippen LogP contribution is -2.23. The van der Waals surface area contributed by atoms with Gasteiger partial charge in [-0.05, 0) is 59.7 Å². The van der Waals surface area contributed by atoms with Crippen LogP contribution in [0, 0.1) is 0 Å². The Morgan fingerprint density at radius 2 is 1.93 bits per heavy atom. The molecule has 0 fully saturated rings. The second-order valence-electron chi connectivity index (χ2n) is 5.79. The summed E-state index contributed by atoms with van der Waals surface area (Å²) in [6.07, 6.45) is 1.54. The Balaban J connectivity index is 1.87. The van der Waals surface area contributed by atoms with Gasteiger partial charge in [0.15, 0.2) is 16.6 Å². The molecule has 0 unspecified atom stereocenters. The maximum atomic E-state index is 12.8. The van der Waals surface area contributed by atoms with E-state index in [1.54, 1.807) is 24.3 Å². The largest absolute Gasteiger partial charge is 0.490 e. The van der Waals surface area contributed by atoms with E-state index in [0.29, 0.717) is 23.7 Å². The van der Waals surface area contributed by atoms with Gasteiger partial charge < -0.3 is 15.2 Å². The van der Waals surface area contributed by atoms with E-state index >= 15 is 0 Å². The van der Waals surface area contributed by atoms with Gasteiger partial charge in [0.1, 0.15) is 0 Å². The molecule has 3 rings (SSSR count). The van der Waals surface area contributed by atoms with E-state index in [4.69, 9.17) is 27.4 Å². The molecule has 0 saturated carbocycles. The zero-order chi connectivity index (χ0) is 19.9. The third kappa shape index (κ3) is 4.63. The van der Waals surface area contributed by atoms with E-state index in [2.05, 4.69) is 10.5 Å². The van der Waals surface area contributed by atoms with Gasteiger partial charge >= 0.3 is 5.97 Å².